The van der Waals surface area contributed by atoms with Gasteiger partial charge in [0.2, 0.25) is 0 Å². The topological polar surface area (TPSA) is 78.5 Å². The van der Waals surface area contributed by atoms with Gasteiger partial charge in [-0.1, -0.05) is 17.7 Å². The summed E-state index contributed by atoms with van der Waals surface area (Å²) in [6.45, 7) is 9.99. The third-order valence-corrected chi connectivity index (χ3v) is 7.06. The first kappa shape index (κ1) is 25.9. The summed E-state index contributed by atoms with van der Waals surface area (Å²) in [5, 5.41) is 12.3. The van der Waals surface area contributed by atoms with E-state index in [1.165, 1.54) is 13.2 Å². The molecule has 9 heteroatoms. The van der Waals surface area contributed by atoms with Gasteiger partial charge >= 0.3 is 5.97 Å². The van der Waals surface area contributed by atoms with E-state index < -0.39 is 17.8 Å². The summed E-state index contributed by atoms with van der Waals surface area (Å²) in [6, 6.07) is 2.44. The molecule has 1 aliphatic rings. The number of benzene rings is 2. The van der Waals surface area contributed by atoms with E-state index in [1.807, 2.05) is 20.0 Å². The SMILES string of the molecule is C=N/C=C\C(=C/C)C(c1c(O)c2c(F)c(Cl)ccc2c2oc(C)c(C(=O)OC)c12)N1CCN(C)CC1. The van der Waals surface area contributed by atoms with E-state index in [0.29, 0.717) is 35.2 Å². The van der Waals surface area contributed by atoms with Crippen molar-refractivity contribution in [1.82, 2.24) is 9.80 Å². The van der Waals surface area contributed by atoms with Crippen molar-refractivity contribution in [3.8, 4) is 5.75 Å². The number of halogens is 2. The smallest absolute Gasteiger partial charge is 0.342 e. The second-order valence-corrected chi connectivity index (χ2v) is 9.21. The lowest BCUT2D eigenvalue weighted by Crippen LogP contribution is -2.46. The van der Waals surface area contributed by atoms with Gasteiger partial charge in [0.1, 0.15) is 22.7 Å². The number of carbonyl (C=O) groups excluding carboxylic acids is 1. The molecular formula is C27H29ClFN3O4. The largest absolute Gasteiger partial charge is 0.507 e. The minimum Gasteiger partial charge on any atom is -0.507 e. The maximum Gasteiger partial charge on any atom is 0.342 e. The van der Waals surface area contributed by atoms with Crippen LogP contribution < -0.4 is 0 Å². The lowest BCUT2D eigenvalue weighted by atomic mass is 9.88. The monoisotopic (exact) mass is 513 g/mol. The van der Waals surface area contributed by atoms with Gasteiger partial charge in [-0.2, -0.15) is 0 Å². The number of furan rings is 1. The first-order valence-electron chi connectivity index (χ1n) is 11.6. The number of hydrogen-bond donors (Lipinski definition) is 1. The number of methoxy groups -OCH3 is 1. The molecule has 2 aromatic carbocycles. The van der Waals surface area contributed by atoms with Gasteiger partial charge in [0.15, 0.2) is 5.82 Å². The van der Waals surface area contributed by atoms with Crippen molar-refractivity contribution in [3.63, 3.8) is 0 Å². The number of nitrogens with zero attached hydrogens (tertiary/aromatic N) is 3. The molecule has 0 spiro atoms. The van der Waals surface area contributed by atoms with E-state index in [-0.39, 0.29) is 27.3 Å². The van der Waals surface area contributed by atoms with Crippen molar-refractivity contribution in [1.29, 1.82) is 0 Å². The van der Waals surface area contributed by atoms with Crippen LogP contribution in [0.5, 0.6) is 5.75 Å². The summed E-state index contributed by atoms with van der Waals surface area (Å²) >= 11 is 6.13. The van der Waals surface area contributed by atoms with Crippen molar-refractivity contribution in [2.75, 3.05) is 40.3 Å². The third-order valence-electron chi connectivity index (χ3n) is 6.77. The molecule has 1 saturated heterocycles. The van der Waals surface area contributed by atoms with Gasteiger partial charge in [0.25, 0.3) is 0 Å². The number of aryl methyl sites for hydroxylation is 1. The molecule has 190 valence electrons. The van der Waals surface area contributed by atoms with Crippen LogP contribution in [0.2, 0.25) is 5.02 Å². The lowest BCUT2D eigenvalue weighted by molar-refractivity contribution is 0.0600. The average Bonchev–Trinajstić information content (AvgIpc) is 3.21. The zero-order valence-electron chi connectivity index (χ0n) is 20.8. The molecule has 1 unspecified atom stereocenters. The van der Waals surface area contributed by atoms with Crippen molar-refractivity contribution < 1.29 is 23.4 Å². The number of rotatable bonds is 6. The highest BCUT2D eigenvalue weighted by molar-refractivity contribution is 6.32. The number of aliphatic imine (C=N–C) groups is 1. The molecule has 7 nitrogen and oxygen atoms in total. The quantitative estimate of drug-likeness (QED) is 0.261. The van der Waals surface area contributed by atoms with E-state index in [1.54, 1.807) is 25.3 Å². The van der Waals surface area contributed by atoms with Crippen LogP contribution >= 0.6 is 11.6 Å². The molecular weight excluding hydrogens is 485 g/mol. The number of phenolic OH excluding ortho intramolecular Hbond substituents is 1. The highest BCUT2D eigenvalue weighted by Crippen LogP contribution is 2.49. The van der Waals surface area contributed by atoms with E-state index in [4.69, 9.17) is 20.8 Å². The number of carbonyl (C=O) groups is 1. The van der Waals surface area contributed by atoms with Crippen LogP contribution in [-0.2, 0) is 4.74 Å². The van der Waals surface area contributed by atoms with Gasteiger partial charge in [-0.3, -0.25) is 9.89 Å². The van der Waals surface area contributed by atoms with Crippen LogP contribution in [-0.4, -0.2) is 67.9 Å². The van der Waals surface area contributed by atoms with Crippen LogP contribution in [0.25, 0.3) is 21.7 Å². The number of ether oxygens (including phenoxy) is 1. The molecule has 1 atom stereocenters. The van der Waals surface area contributed by atoms with Crippen molar-refractivity contribution in [3.05, 3.63) is 63.8 Å². The zero-order chi connectivity index (χ0) is 26.1. The van der Waals surface area contributed by atoms with Crippen LogP contribution in [0.15, 0.2) is 45.5 Å². The molecule has 1 N–H and O–H groups in total. The summed E-state index contributed by atoms with van der Waals surface area (Å²) in [5.41, 5.74) is 1.62. The fourth-order valence-electron chi connectivity index (χ4n) is 4.95. The Balaban J connectivity index is 2.18. The van der Waals surface area contributed by atoms with E-state index in [0.717, 1.165) is 18.7 Å². The van der Waals surface area contributed by atoms with Crippen molar-refractivity contribution in [2.24, 2.45) is 4.99 Å². The fourth-order valence-corrected chi connectivity index (χ4v) is 5.11. The number of fused-ring (bicyclic) bond motifs is 3. The maximum absolute atomic E-state index is 15.4. The van der Waals surface area contributed by atoms with Gasteiger partial charge in [0.05, 0.1) is 23.6 Å². The zero-order valence-corrected chi connectivity index (χ0v) is 21.5. The molecule has 2 heterocycles. The highest BCUT2D eigenvalue weighted by Gasteiger charge is 2.35. The Morgan fingerprint density at radius 1 is 1.31 bits per heavy atom. The molecule has 1 fully saturated rings. The lowest BCUT2D eigenvalue weighted by Gasteiger charge is -2.39. The van der Waals surface area contributed by atoms with Gasteiger partial charge < -0.3 is 19.2 Å². The second kappa shape index (κ2) is 10.4. The van der Waals surface area contributed by atoms with Crippen molar-refractivity contribution in [2.45, 2.75) is 19.9 Å². The molecule has 3 aromatic rings. The minimum atomic E-state index is -0.758. The first-order valence-corrected chi connectivity index (χ1v) is 12.0. The van der Waals surface area contributed by atoms with E-state index in [2.05, 4.69) is 21.5 Å². The summed E-state index contributed by atoms with van der Waals surface area (Å²) in [4.78, 5) is 21.2. The van der Waals surface area contributed by atoms with Crippen molar-refractivity contribution >= 4 is 46.0 Å². The summed E-state index contributed by atoms with van der Waals surface area (Å²) in [6.07, 6.45) is 5.26. The predicted molar refractivity (Wildman–Crippen MR) is 141 cm³/mol. The predicted octanol–water partition coefficient (Wildman–Crippen LogP) is 5.63. The summed E-state index contributed by atoms with van der Waals surface area (Å²) < 4.78 is 26.6. The molecule has 0 radical (unpaired) electrons. The number of likely N-dealkylation sites (N-methyl/N-ethyl adjacent to an activating group) is 1. The molecule has 1 aliphatic heterocycles. The minimum absolute atomic E-state index is 0.0597. The summed E-state index contributed by atoms with van der Waals surface area (Å²) in [5.74, 6) is -1.36. The Morgan fingerprint density at radius 2 is 2.00 bits per heavy atom. The van der Waals surface area contributed by atoms with Crippen LogP contribution in [0.4, 0.5) is 4.39 Å². The molecule has 4 rings (SSSR count). The number of hydrogen-bond acceptors (Lipinski definition) is 7. The number of esters is 1. The normalized spacial score (nSPS) is 16.8. The highest BCUT2D eigenvalue weighted by atomic mass is 35.5. The van der Waals surface area contributed by atoms with Crippen LogP contribution in [0, 0.1) is 12.7 Å². The van der Waals surface area contributed by atoms with Gasteiger partial charge in [-0.05, 0) is 51.4 Å². The fraction of sp³-hybridized carbons (Fsp3) is 0.333. The molecule has 0 bridgehead atoms. The number of allylic oxidation sites excluding steroid dienone is 1. The van der Waals surface area contributed by atoms with Gasteiger partial charge in [0, 0.05) is 48.7 Å². The molecule has 0 saturated carbocycles. The number of aromatic hydroxyl groups is 1. The van der Waals surface area contributed by atoms with Gasteiger partial charge in [-0.15, -0.1) is 0 Å². The second-order valence-electron chi connectivity index (χ2n) is 8.80. The van der Waals surface area contributed by atoms with Crippen LogP contribution in [0.1, 0.15) is 34.6 Å². The van der Waals surface area contributed by atoms with E-state index in [9.17, 15) is 9.90 Å². The first-order chi connectivity index (χ1) is 17.2. The molecule has 36 heavy (non-hydrogen) atoms. The molecule has 0 aliphatic carbocycles. The Bertz CT molecular complexity index is 1400. The average molecular weight is 514 g/mol. The number of phenols is 1. The maximum atomic E-state index is 15.4. The Morgan fingerprint density at radius 3 is 2.61 bits per heavy atom. The van der Waals surface area contributed by atoms with Crippen LogP contribution in [0.3, 0.4) is 0 Å². The summed E-state index contributed by atoms with van der Waals surface area (Å²) in [7, 11) is 3.33. The molecule has 0 amide bonds. The number of piperazine rings is 1. The molecule has 1 aromatic heterocycles. The Labute approximate surface area is 214 Å². The Kier molecular flexibility index (Phi) is 7.49. The van der Waals surface area contributed by atoms with Gasteiger partial charge in [-0.25, -0.2) is 9.18 Å². The van der Waals surface area contributed by atoms with E-state index >= 15 is 4.39 Å². The standard InChI is InChI=1S/C27H29ClFN3O4/c1-6-16(9-10-30-3)24(32-13-11-31(4)12-14-32)22-21-19(27(34)35-5)15(2)36-26(21)17-7-8-18(28)23(29)20(17)25(22)33/h6-10,24,33H,3,11-14H2,1-2,4-5H3/b10-9-,16-6+. The Hall–Kier alpha value is -3.20. The third kappa shape index (κ3) is 4.30.